The summed E-state index contributed by atoms with van der Waals surface area (Å²) in [7, 11) is -2.50. The molecule has 0 saturated carbocycles. The second kappa shape index (κ2) is 5.42. The van der Waals surface area contributed by atoms with Crippen molar-refractivity contribution in [3.63, 3.8) is 0 Å². The van der Waals surface area contributed by atoms with E-state index in [2.05, 4.69) is 4.98 Å². The Bertz CT molecular complexity index is 526. The van der Waals surface area contributed by atoms with Gasteiger partial charge in [0.05, 0.1) is 12.2 Å². The first-order valence-corrected chi connectivity index (χ1v) is 6.53. The molecule has 1 aromatic rings. The highest BCUT2D eigenvalue weighted by Crippen LogP contribution is 2.14. The molecule has 0 spiro atoms. The molecule has 0 radical (unpaired) electrons. The molecule has 0 aliphatic heterocycles. The van der Waals surface area contributed by atoms with Gasteiger partial charge in [-0.3, -0.25) is 0 Å². The van der Waals surface area contributed by atoms with Gasteiger partial charge in [0.1, 0.15) is 0 Å². The smallest absolute Gasteiger partial charge is 0.337 e. The molecule has 1 heterocycles. The van der Waals surface area contributed by atoms with Crippen LogP contribution >= 0.6 is 0 Å². The number of carboxylic acid groups (broad SMARTS) is 1. The van der Waals surface area contributed by atoms with E-state index in [9.17, 15) is 13.2 Å². The maximum atomic E-state index is 12.0. The summed E-state index contributed by atoms with van der Waals surface area (Å²) in [4.78, 5) is 14.2. The molecule has 0 bridgehead atoms. The number of aliphatic hydroxyl groups is 1. The highest BCUT2D eigenvalue weighted by atomic mass is 32.2. The summed E-state index contributed by atoms with van der Waals surface area (Å²) in [6.07, 6.45) is 0.979. The van der Waals surface area contributed by atoms with E-state index in [1.807, 2.05) is 0 Å². The Morgan fingerprint density at radius 1 is 1.50 bits per heavy atom. The number of hydrogen-bond acceptors (Lipinski definition) is 5. The highest BCUT2D eigenvalue weighted by Gasteiger charge is 2.26. The molecule has 1 aromatic heterocycles. The Morgan fingerprint density at radius 2 is 2.11 bits per heavy atom. The van der Waals surface area contributed by atoms with Gasteiger partial charge in [-0.15, -0.1) is 0 Å². The van der Waals surface area contributed by atoms with Gasteiger partial charge in [0.2, 0.25) is 0 Å². The van der Waals surface area contributed by atoms with Crippen LogP contribution < -0.4 is 0 Å². The molecule has 2 N–H and O–H groups in total. The minimum atomic E-state index is -3.82. The van der Waals surface area contributed by atoms with Crippen molar-refractivity contribution in [3.05, 3.63) is 23.9 Å². The minimum absolute atomic E-state index is 0.0909. The topological polar surface area (TPSA) is 108 Å². The van der Waals surface area contributed by atoms with E-state index >= 15 is 0 Å². The first kappa shape index (κ1) is 14.6. The van der Waals surface area contributed by atoms with Gasteiger partial charge in [-0.2, -0.15) is 4.31 Å². The molecular formula is C10H14N2O5S. The number of aliphatic hydroxyl groups excluding tert-OH is 1. The van der Waals surface area contributed by atoms with Gasteiger partial charge in [0.25, 0.3) is 10.0 Å². The fourth-order valence-corrected chi connectivity index (χ4v) is 2.42. The van der Waals surface area contributed by atoms with Gasteiger partial charge < -0.3 is 10.2 Å². The Morgan fingerprint density at radius 3 is 2.50 bits per heavy atom. The zero-order valence-electron chi connectivity index (χ0n) is 9.94. The third-order valence-corrected chi connectivity index (χ3v) is 4.40. The summed E-state index contributed by atoms with van der Waals surface area (Å²) < 4.78 is 25.0. The van der Waals surface area contributed by atoms with E-state index in [4.69, 9.17) is 10.2 Å². The standard InChI is InChI=1S/C10H14N2O5S/c1-7(6-13)12(2)18(16,17)9-4-3-8(5-11-9)10(14)15/h3-5,7,13H,6H2,1-2H3,(H,14,15). The molecular weight excluding hydrogens is 260 g/mol. The number of rotatable bonds is 5. The molecule has 0 saturated heterocycles. The van der Waals surface area contributed by atoms with Crippen LogP contribution in [0.15, 0.2) is 23.4 Å². The minimum Gasteiger partial charge on any atom is -0.478 e. The van der Waals surface area contributed by atoms with Gasteiger partial charge >= 0.3 is 5.97 Å². The van der Waals surface area contributed by atoms with Gasteiger partial charge in [0.15, 0.2) is 5.03 Å². The van der Waals surface area contributed by atoms with Crippen LogP contribution in [-0.4, -0.2) is 53.6 Å². The molecule has 0 aliphatic rings. The Labute approximate surface area is 105 Å². The average molecular weight is 274 g/mol. The number of nitrogens with zero attached hydrogens (tertiary/aromatic N) is 2. The first-order valence-electron chi connectivity index (χ1n) is 5.09. The summed E-state index contributed by atoms with van der Waals surface area (Å²) in [5.74, 6) is -1.18. The average Bonchev–Trinajstić information content (AvgIpc) is 2.36. The fourth-order valence-electron chi connectivity index (χ4n) is 1.16. The maximum Gasteiger partial charge on any atom is 0.337 e. The molecule has 1 unspecified atom stereocenters. The summed E-state index contributed by atoms with van der Waals surface area (Å²) in [6.45, 7) is 1.23. The second-order valence-corrected chi connectivity index (χ2v) is 5.69. The zero-order valence-corrected chi connectivity index (χ0v) is 10.8. The largest absolute Gasteiger partial charge is 0.478 e. The van der Waals surface area contributed by atoms with Crippen LogP contribution in [0.1, 0.15) is 17.3 Å². The van der Waals surface area contributed by atoms with Crippen LogP contribution in [0.2, 0.25) is 0 Å². The Balaban J connectivity index is 3.09. The Kier molecular flexibility index (Phi) is 4.38. The molecule has 0 aliphatic carbocycles. The number of carboxylic acids is 1. The number of aromatic carboxylic acids is 1. The van der Waals surface area contributed by atoms with Gasteiger partial charge in [0, 0.05) is 19.3 Å². The molecule has 0 fully saturated rings. The lowest BCUT2D eigenvalue weighted by molar-refractivity contribution is 0.0696. The summed E-state index contributed by atoms with van der Waals surface area (Å²) >= 11 is 0. The SMILES string of the molecule is CC(CO)N(C)S(=O)(=O)c1ccc(C(=O)O)cn1. The van der Waals surface area contributed by atoms with Crippen molar-refractivity contribution in [3.8, 4) is 0 Å². The van der Waals surface area contributed by atoms with E-state index in [1.165, 1.54) is 13.1 Å². The lowest BCUT2D eigenvalue weighted by Gasteiger charge is -2.21. The molecule has 100 valence electrons. The Hall–Kier alpha value is -1.51. The van der Waals surface area contributed by atoms with Crippen LogP contribution in [-0.2, 0) is 10.0 Å². The van der Waals surface area contributed by atoms with E-state index in [-0.39, 0.29) is 17.2 Å². The quantitative estimate of drug-likeness (QED) is 0.768. The van der Waals surface area contributed by atoms with E-state index in [1.54, 1.807) is 6.92 Å². The van der Waals surface area contributed by atoms with Crippen molar-refractivity contribution in [2.75, 3.05) is 13.7 Å². The van der Waals surface area contributed by atoms with Gasteiger partial charge in [-0.25, -0.2) is 18.2 Å². The summed E-state index contributed by atoms with van der Waals surface area (Å²) in [5.41, 5.74) is -0.0909. The van der Waals surface area contributed by atoms with Crippen LogP contribution in [0.3, 0.4) is 0 Å². The van der Waals surface area contributed by atoms with Crippen molar-refractivity contribution in [1.82, 2.24) is 9.29 Å². The zero-order chi connectivity index (χ0) is 13.9. The van der Waals surface area contributed by atoms with E-state index in [0.29, 0.717) is 0 Å². The third kappa shape index (κ3) is 2.84. The number of carbonyl (C=O) groups is 1. The van der Waals surface area contributed by atoms with E-state index < -0.39 is 22.0 Å². The molecule has 1 rings (SSSR count). The molecule has 1 atom stereocenters. The monoisotopic (exact) mass is 274 g/mol. The van der Waals surface area contributed by atoms with Crippen LogP contribution in [0.5, 0.6) is 0 Å². The summed E-state index contributed by atoms with van der Waals surface area (Å²) in [6, 6.07) is 1.70. The van der Waals surface area contributed by atoms with Crippen LogP contribution in [0.4, 0.5) is 0 Å². The van der Waals surface area contributed by atoms with Gasteiger partial charge in [-0.1, -0.05) is 0 Å². The normalized spacial score (nSPS) is 13.6. The second-order valence-electron chi connectivity index (χ2n) is 3.74. The van der Waals surface area contributed by atoms with Crippen LogP contribution in [0, 0.1) is 0 Å². The number of sulfonamides is 1. The fraction of sp³-hybridized carbons (Fsp3) is 0.400. The van der Waals surface area contributed by atoms with Crippen molar-refractivity contribution in [2.24, 2.45) is 0 Å². The molecule has 0 amide bonds. The number of likely N-dealkylation sites (N-methyl/N-ethyl adjacent to an activating group) is 1. The summed E-state index contributed by atoms with van der Waals surface area (Å²) in [5, 5.41) is 17.4. The lowest BCUT2D eigenvalue weighted by atomic mass is 10.3. The lowest BCUT2D eigenvalue weighted by Crippen LogP contribution is -2.37. The van der Waals surface area contributed by atoms with Crippen molar-refractivity contribution in [1.29, 1.82) is 0 Å². The van der Waals surface area contributed by atoms with Crippen molar-refractivity contribution in [2.45, 2.75) is 18.0 Å². The van der Waals surface area contributed by atoms with Gasteiger partial charge in [-0.05, 0) is 19.1 Å². The molecule has 0 aromatic carbocycles. The molecule has 8 heteroatoms. The van der Waals surface area contributed by atoms with Crippen molar-refractivity contribution < 1.29 is 23.4 Å². The number of hydrogen-bond donors (Lipinski definition) is 2. The highest BCUT2D eigenvalue weighted by molar-refractivity contribution is 7.89. The molecule has 7 nitrogen and oxygen atoms in total. The van der Waals surface area contributed by atoms with E-state index in [0.717, 1.165) is 16.6 Å². The third-order valence-electron chi connectivity index (χ3n) is 2.51. The predicted molar refractivity (Wildman–Crippen MR) is 62.7 cm³/mol. The first-order chi connectivity index (χ1) is 8.30. The predicted octanol–water partition coefficient (Wildman–Crippen LogP) is -0.219. The maximum absolute atomic E-state index is 12.0. The van der Waals surface area contributed by atoms with Crippen LogP contribution in [0.25, 0.3) is 0 Å². The number of pyridine rings is 1. The number of aromatic nitrogens is 1. The molecule has 18 heavy (non-hydrogen) atoms. The van der Waals surface area contributed by atoms with Crippen molar-refractivity contribution >= 4 is 16.0 Å².